The topological polar surface area (TPSA) is 20.2 Å². The summed E-state index contributed by atoms with van der Waals surface area (Å²) in [6.45, 7) is -0.508. The molecule has 0 unspecified atom stereocenters. The molecule has 1 aromatic carbocycles. The Morgan fingerprint density at radius 2 is 1.86 bits per heavy atom. The largest absolute Gasteiger partial charge is 0.396 e. The van der Waals surface area contributed by atoms with Crippen molar-refractivity contribution in [1.29, 1.82) is 0 Å². The van der Waals surface area contributed by atoms with Gasteiger partial charge in [0.1, 0.15) is 0 Å². The number of aliphatic hydroxyl groups excluding tert-OH is 1. The lowest BCUT2D eigenvalue weighted by Gasteiger charge is -2.08. The van der Waals surface area contributed by atoms with E-state index in [9.17, 15) is 8.78 Å². The Kier molecular flexibility index (Phi) is 3.77. The molecule has 0 amide bonds. The third-order valence-corrected chi connectivity index (χ3v) is 1.76. The molecule has 1 nitrogen and oxygen atoms in total. The first-order valence-electron chi connectivity index (χ1n) is 4.37. The number of alkyl halides is 2. The van der Waals surface area contributed by atoms with E-state index in [1.54, 1.807) is 24.3 Å². The number of benzene rings is 1. The molecule has 0 atom stereocenters. The Morgan fingerprint density at radius 3 is 2.43 bits per heavy atom. The first kappa shape index (κ1) is 10.9. The van der Waals surface area contributed by atoms with E-state index < -0.39 is 19.0 Å². The van der Waals surface area contributed by atoms with Gasteiger partial charge in [-0.25, -0.2) is 8.78 Å². The van der Waals surface area contributed by atoms with E-state index in [-0.39, 0.29) is 0 Å². The van der Waals surface area contributed by atoms with Gasteiger partial charge in [-0.3, -0.25) is 0 Å². The van der Waals surface area contributed by atoms with E-state index in [0.29, 0.717) is 0 Å². The fraction of sp³-hybridized carbons (Fsp3) is 0.273. The average molecular weight is 198 g/mol. The molecule has 1 N–H and O–H groups in total. The summed E-state index contributed by atoms with van der Waals surface area (Å²) < 4.78 is 25.7. The van der Waals surface area contributed by atoms with Crippen LogP contribution >= 0.6 is 0 Å². The average Bonchev–Trinajstić information content (AvgIpc) is 2.17. The van der Waals surface area contributed by atoms with E-state index in [2.05, 4.69) is 0 Å². The summed E-state index contributed by atoms with van der Waals surface area (Å²) in [5.41, 5.74) is 0.727. The maximum Gasteiger partial charge on any atom is 0.269 e. The molecule has 0 aliphatic rings. The predicted octanol–water partition coefficient (Wildman–Crippen LogP) is 2.72. The second-order valence-electron chi connectivity index (χ2n) is 2.98. The molecular weight excluding hydrogens is 186 g/mol. The summed E-state index contributed by atoms with van der Waals surface area (Å²) in [7, 11) is 0. The van der Waals surface area contributed by atoms with Crippen molar-refractivity contribution >= 4 is 6.08 Å². The highest BCUT2D eigenvalue weighted by molar-refractivity contribution is 5.49. The van der Waals surface area contributed by atoms with Crippen LogP contribution in [0.15, 0.2) is 36.4 Å². The van der Waals surface area contributed by atoms with Crippen LogP contribution in [-0.2, 0) is 0 Å². The van der Waals surface area contributed by atoms with Crippen molar-refractivity contribution in [2.75, 3.05) is 6.61 Å². The van der Waals surface area contributed by atoms with Crippen LogP contribution in [0.4, 0.5) is 8.78 Å². The molecule has 0 bridgehead atoms. The van der Waals surface area contributed by atoms with Gasteiger partial charge in [0.2, 0.25) is 0 Å². The number of rotatable bonds is 4. The molecule has 0 aliphatic carbocycles. The van der Waals surface area contributed by atoms with Crippen LogP contribution in [0.25, 0.3) is 6.08 Å². The third kappa shape index (κ3) is 3.66. The molecule has 1 rings (SSSR count). The van der Waals surface area contributed by atoms with Crippen molar-refractivity contribution in [2.24, 2.45) is 0 Å². The molecule has 76 valence electrons. The van der Waals surface area contributed by atoms with E-state index in [1.807, 2.05) is 6.07 Å². The molecule has 0 spiro atoms. The van der Waals surface area contributed by atoms with Gasteiger partial charge in [0.05, 0.1) is 0 Å². The quantitative estimate of drug-likeness (QED) is 0.788. The maximum absolute atomic E-state index is 12.9. The summed E-state index contributed by atoms with van der Waals surface area (Å²) in [5.74, 6) is -2.93. The molecule has 0 radical (unpaired) electrons. The molecule has 0 aliphatic heterocycles. The highest BCUT2D eigenvalue weighted by atomic mass is 19.3. The molecular formula is C11H12F2O. The Morgan fingerprint density at radius 1 is 1.21 bits per heavy atom. The first-order chi connectivity index (χ1) is 6.64. The van der Waals surface area contributed by atoms with Crippen LogP contribution in [0.2, 0.25) is 0 Å². The van der Waals surface area contributed by atoms with Gasteiger partial charge in [-0.05, 0) is 11.6 Å². The van der Waals surface area contributed by atoms with Crippen LogP contribution in [0, 0.1) is 0 Å². The summed E-state index contributed by atoms with van der Waals surface area (Å²) >= 11 is 0. The van der Waals surface area contributed by atoms with Gasteiger partial charge in [-0.15, -0.1) is 0 Å². The number of aliphatic hydroxyl groups is 1. The first-order valence-corrected chi connectivity index (χ1v) is 4.37. The fourth-order valence-electron chi connectivity index (χ4n) is 1.01. The second kappa shape index (κ2) is 4.86. The van der Waals surface area contributed by atoms with E-state index in [4.69, 9.17) is 5.11 Å². The van der Waals surface area contributed by atoms with Crippen molar-refractivity contribution in [3.63, 3.8) is 0 Å². The molecule has 1 aromatic rings. The molecule has 0 saturated carbocycles. The number of allylic oxidation sites excluding steroid dienone is 1. The van der Waals surface area contributed by atoms with Crippen LogP contribution < -0.4 is 0 Å². The molecule has 3 heteroatoms. The lowest BCUT2D eigenvalue weighted by molar-refractivity contribution is 0.0285. The van der Waals surface area contributed by atoms with Gasteiger partial charge >= 0.3 is 0 Å². The minimum atomic E-state index is -2.93. The van der Waals surface area contributed by atoms with Crippen LogP contribution in [0.1, 0.15) is 12.0 Å². The minimum Gasteiger partial charge on any atom is -0.396 e. The summed E-state index contributed by atoms with van der Waals surface area (Å²) in [6.07, 6.45) is 1.64. The maximum atomic E-state index is 12.9. The van der Waals surface area contributed by atoms with Crippen molar-refractivity contribution in [2.45, 2.75) is 12.3 Å². The SMILES string of the molecule is OCCC(F)(F)/C=C/c1ccccc1. The summed E-state index contributed by atoms with van der Waals surface area (Å²) in [4.78, 5) is 0. The molecule has 14 heavy (non-hydrogen) atoms. The molecule has 0 aromatic heterocycles. The highest BCUT2D eigenvalue weighted by Crippen LogP contribution is 2.20. The van der Waals surface area contributed by atoms with Crippen molar-refractivity contribution in [3.05, 3.63) is 42.0 Å². The fourth-order valence-corrected chi connectivity index (χ4v) is 1.01. The van der Waals surface area contributed by atoms with Crippen molar-refractivity contribution in [1.82, 2.24) is 0 Å². The Bertz CT molecular complexity index is 293. The number of halogens is 2. The van der Waals surface area contributed by atoms with Crippen LogP contribution in [0.5, 0.6) is 0 Å². The summed E-state index contributed by atoms with van der Waals surface area (Å²) in [6, 6.07) is 8.87. The molecule has 0 saturated heterocycles. The van der Waals surface area contributed by atoms with E-state index >= 15 is 0 Å². The van der Waals surface area contributed by atoms with Crippen LogP contribution in [0.3, 0.4) is 0 Å². The van der Waals surface area contributed by atoms with E-state index in [1.165, 1.54) is 6.08 Å². The second-order valence-corrected chi connectivity index (χ2v) is 2.98. The van der Waals surface area contributed by atoms with Gasteiger partial charge in [-0.2, -0.15) is 0 Å². The zero-order chi connectivity index (χ0) is 10.4. The third-order valence-electron chi connectivity index (χ3n) is 1.76. The monoisotopic (exact) mass is 198 g/mol. The predicted molar refractivity (Wildman–Crippen MR) is 52.1 cm³/mol. The standard InChI is InChI=1S/C11H12F2O/c12-11(13,8-9-14)7-6-10-4-2-1-3-5-10/h1-7,14H,8-9H2/b7-6+. The van der Waals surface area contributed by atoms with Gasteiger partial charge in [0.15, 0.2) is 0 Å². The lowest BCUT2D eigenvalue weighted by Crippen LogP contribution is -2.13. The lowest BCUT2D eigenvalue weighted by atomic mass is 10.1. The van der Waals surface area contributed by atoms with Crippen LogP contribution in [-0.4, -0.2) is 17.6 Å². The smallest absolute Gasteiger partial charge is 0.269 e. The van der Waals surface area contributed by atoms with Gasteiger partial charge in [-0.1, -0.05) is 36.4 Å². The van der Waals surface area contributed by atoms with Crippen molar-refractivity contribution < 1.29 is 13.9 Å². The van der Waals surface area contributed by atoms with Gasteiger partial charge < -0.3 is 5.11 Å². The normalized spacial score (nSPS) is 12.2. The Labute approximate surface area is 81.7 Å². The molecule has 0 heterocycles. The number of hydrogen-bond donors (Lipinski definition) is 1. The Hall–Kier alpha value is -1.22. The zero-order valence-electron chi connectivity index (χ0n) is 7.66. The van der Waals surface area contributed by atoms with Gasteiger partial charge in [0, 0.05) is 13.0 Å². The zero-order valence-corrected chi connectivity index (χ0v) is 7.66. The van der Waals surface area contributed by atoms with Crippen molar-refractivity contribution in [3.8, 4) is 0 Å². The minimum absolute atomic E-state index is 0.508. The molecule has 0 fully saturated rings. The number of hydrogen-bond acceptors (Lipinski definition) is 1. The van der Waals surface area contributed by atoms with Gasteiger partial charge in [0.25, 0.3) is 5.92 Å². The van der Waals surface area contributed by atoms with E-state index in [0.717, 1.165) is 11.6 Å². The Balaban J connectivity index is 2.64. The summed E-state index contributed by atoms with van der Waals surface area (Å²) in [5, 5.41) is 8.39. The highest BCUT2D eigenvalue weighted by Gasteiger charge is 2.23.